The third-order valence-corrected chi connectivity index (χ3v) is 7.99. The minimum absolute atomic E-state index is 0.0356. The summed E-state index contributed by atoms with van der Waals surface area (Å²) in [5, 5.41) is 8.48. The SMILES string of the molecule is CC(=O)N1CC=C(c2cc(N3CCC[C@@H](NC(=O)c4sc(C)nc4OCCN(C)C)C3)c3c(N)ncnn23)C1. The summed E-state index contributed by atoms with van der Waals surface area (Å²) in [6.45, 7) is 7.18. The van der Waals surface area contributed by atoms with E-state index in [-0.39, 0.29) is 17.9 Å². The molecule has 0 bridgehead atoms. The van der Waals surface area contributed by atoms with Gasteiger partial charge in [-0.05, 0) is 45.5 Å². The standard InChI is InChI=1S/C26H35N9O3S/c1-16-30-26(38-11-10-32(3)4)23(39-16)25(37)31-19-6-5-8-34(14-19)21-12-20(18-7-9-33(13-18)17(2)36)35-22(21)24(27)28-15-29-35/h7,12,15,19H,5-6,8-11,13-14H2,1-4H3,(H,31,37)(H2,27,28,29)/t19-/m1/s1. The molecule has 3 aromatic heterocycles. The Bertz CT molecular complexity index is 1410. The molecule has 0 saturated carbocycles. The van der Waals surface area contributed by atoms with Crippen LogP contribution >= 0.6 is 11.3 Å². The first-order valence-corrected chi connectivity index (χ1v) is 13.9. The molecule has 1 atom stereocenters. The second-order valence-corrected chi connectivity index (χ2v) is 11.4. The molecular weight excluding hydrogens is 518 g/mol. The summed E-state index contributed by atoms with van der Waals surface area (Å²) in [4.78, 5) is 40.4. The molecule has 5 heterocycles. The largest absolute Gasteiger partial charge is 0.475 e. The van der Waals surface area contributed by atoms with Crippen molar-refractivity contribution in [3.8, 4) is 5.88 Å². The molecule has 1 fully saturated rings. The number of nitrogens with two attached hydrogens (primary N) is 1. The Morgan fingerprint density at radius 3 is 2.90 bits per heavy atom. The molecule has 2 amide bonds. The smallest absolute Gasteiger partial charge is 0.267 e. The van der Waals surface area contributed by atoms with E-state index in [9.17, 15) is 9.59 Å². The highest BCUT2D eigenvalue weighted by Gasteiger charge is 2.29. The lowest BCUT2D eigenvalue weighted by molar-refractivity contribution is -0.127. The zero-order valence-electron chi connectivity index (χ0n) is 22.8. The number of aryl methyl sites for hydroxylation is 1. The van der Waals surface area contributed by atoms with Crippen LogP contribution in [0.5, 0.6) is 5.88 Å². The fourth-order valence-electron chi connectivity index (χ4n) is 5.04. The number of rotatable bonds is 8. The van der Waals surface area contributed by atoms with Crippen LogP contribution in [0.1, 0.15) is 40.1 Å². The molecule has 0 spiro atoms. The molecule has 0 aliphatic carbocycles. The number of carbonyl (C=O) groups excluding carboxylic acids is 2. The van der Waals surface area contributed by atoms with E-state index >= 15 is 0 Å². The molecule has 5 rings (SSSR count). The number of hydrogen-bond donors (Lipinski definition) is 2. The van der Waals surface area contributed by atoms with Crippen LogP contribution in [-0.2, 0) is 4.79 Å². The van der Waals surface area contributed by atoms with Crippen LogP contribution in [0.25, 0.3) is 11.1 Å². The van der Waals surface area contributed by atoms with E-state index in [1.54, 1.807) is 11.8 Å². The molecule has 12 nitrogen and oxygen atoms in total. The zero-order chi connectivity index (χ0) is 27.7. The Balaban J connectivity index is 1.34. The van der Waals surface area contributed by atoms with Gasteiger partial charge in [0, 0.05) is 45.7 Å². The van der Waals surface area contributed by atoms with Crippen LogP contribution in [0.15, 0.2) is 18.5 Å². The van der Waals surface area contributed by atoms with E-state index in [2.05, 4.69) is 37.4 Å². The van der Waals surface area contributed by atoms with Crippen molar-refractivity contribution in [1.82, 2.24) is 34.7 Å². The van der Waals surface area contributed by atoms with Gasteiger partial charge in [-0.2, -0.15) is 5.10 Å². The molecule has 2 aliphatic heterocycles. The number of ether oxygens (including phenoxy) is 1. The van der Waals surface area contributed by atoms with Gasteiger partial charge in [0.15, 0.2) is 10.7 Å². The highest BCUT2D eigenvalue weighted by atomic mass is 32.1. The highest BCUT2D eigenvalue weighted by Crippen LogP contribution is 2.35. The number of aromatic nitrogens is 4. The molecule has 0 radical (unpaired) electrons. The number of piperidine rings is 1. The molecule has 3 aromatic rings. The number of carbonyl (C=O) groups is 2. The molecule has 0 unspecified atom stereocenters. The number of nitrogens with one attached hydrogen (secondary N) is 1. The normalized spacial score (nSPS) is 17.7. The molecule has 2 aliphatic rings. The molecular formula is C26H35N9O3S. The minimum Gasteiger partial charge on any atom is -0.475 e. The van der Waals surface area contributed by atoms with E-state index in [0.29, 0.717) is 42.8 Å². The number of nitrogens with zero attached hydrogens (tertiary/aromatic N) is 7. The van der Waals surface area contributed by atoms with Gasteiger partial charge in [0.1, 0.15) is 18.5 Å². The van der Waals surface area contributed by atoms with Crippen LogP contribution in [-0.4, -0.2) is 101 Å². The highest BCUT2D eigenvalue weighted by molar-refractivity contribution is 7.13. The lowest BCUT2D eigenvalue weighted by atomic mass is 10.0. The number of hydrogen-bond acceptors (Lipinski definition) is 10. The number of fused-ring (bicyclic) bond motifs is 1. The number of amides is 2. The van der Waals surface area contributed by atoms with E-state index in [4.69, 9.17) is 10.5 Å². The van der Waals surface area contributed by atoms with Gasteiger partial charge in [-0.25, -0.2) is 14.5 Å². The van der Waals surface area contributed by atoms with Crippen molar-refractivity contribution in [1.29, 1.82) is 0 Å². The van der Waals surface area contributed by atoms with Crippen LogP contribution < -0.4 is 20.7 Å². The van der Waals surface area contributed by atoms with Gasteiger partial charge in [0.05, 0.1) is 16.4 Å². The fourth-order valence-corrected chi connectivity index (χ4v) is 5.81. The average Bonchev–Trinajstić information content (AvgIpc) is 3.61. The van der Waals surface area contributed by atoms with Gasteiger partial charge in [-0.3, -0.25) is 9.59 Å². The van der Waals surface area contributed by atoms with Gasteiger partial charge in [0.2, 0.25) is 11.8 Å². The number of nitrogen functional groups attached to an aromatic ring is 1. The predicted molar refractivity (Wildman–Crippen MR) is 151 cm³/mol. The Kier molecular flexibility index (Phi) is 7.71. The predicted octanol–water partition coefficient (Wildman–Crippen LogP) is 1.66. The van der Waals surface area contributed by atoms with E-state index in [1.807, 2.05) is 30.4 Å². The van der Waals surface area contributed by atoms with Crippen LogP contribution in [0, 0.1) is 6.92 Å². The van der Waals surface area contributed by atoms with Crippen molar-refractivity contribution in [2.24, 2.45) is 0 Å². The van der Waals surface area contributed by atoms with Crippen molar-refractivity contribution in [2.75, 3.05) is 64.1 Å². The van der Waals surface area contributed by atoms with Gasteiger partial charge in [-0.15, -0.1) is 11.3 Å². The maximum absolute atomic E-state index is 13.3. The second kappa shape index (κ2) is 11.2. The Labute approximate surface area is 231 Å². The molecule has 39 heavy (non-hydrogen) atoms. The average molecular weight is 554 g/mol. The third-order valence-electron chi connectivity index (χ3n) is 7.04. The number of likely N-dealkylation sites (N-methyl/N-ethyl adjacent to an activating group) is 1. The van der Waals surface area contributed by atoms with E-state index in [0.717, 1.165) is 53.4 Å². The van der Waals surface area contributed by atoms with Gasteiger partial charge >= 0.3 is 0 Å². The van der Waals surface area contributed by atoms with Crippen molar-refractivity contribution in [2.45, 2.75) is 32.7 Å². The molecule has 1 saturated heterocycles. The van der Waals surface area contributed by atoms with Crippen LogP contribution in [0.4, 0.5) is 11.5 Å². The topological polar surface area (TPSA) is 134 Å². The molecule has 13 heteroatoms. The minimum atomic E-state index is -0.169. The van der Waals surface area contributed by atoms with Crippen LogP contribution in [0.2, 0.25) is 0 Å². The summed E-state index contributed by atoms with van der Waals surface area (Å²) >= 11 is 1.34. The van der Waals surface area contributed by atoms with Gasteiger partial charge < -0.3 is 30.5 Å². The Hall–Kier alpha value is -3.71. The summed E-state index contributed by atoms with van der Waals surface area (Å²) in [5.41, 5.74) is 9.91. The first kappa shape index (κ1) is 26.9. The molecule has 0 aromatic carbocycles. The van der Waals surface area contributed by atoms with E-state index in [1.165, 1.54) is 17.7 Å². The third kappa shape index (κ3) is 5.69. The lowest BCUT2D eigenvalue weighted by Crippen LogP contribution is -2.47. The quantitative estimate of drug-likeness (QED) is 0.427. The fraction of sp³-hybridized carbons (Fsp3) is 0.500. The molecule has 208 valence electrons. The van der Waals surface area contributed by atoms with Crippen molar-refractivity contribution < 1.29 is 14.3 Å². The Morgan fingerprint density at radius 2 is 2.15 bits per heavy atom. The van der Waals surface area contributed by atoms with Crippen molar-refractivity contribution >= 4 is 45.7 Å². The van der Waals surface area contributed by atoms with Gasteiger partial charge in [-0.1, -0.05) is 6.08 Å². The summed E-state index contributed by atoms with van der Waals surface area (Å²) in [5.74, 6) is 0.646. The first-order chi connectivity index (χ1) is 18.7. The second-order valence-electron chi connectivity index (χ2n) is 10.2. The van der Waals surface area contributed by atoms with Crippen molar-refractivity contribution in [3.05, 3.63) is 34.0 Å². The van der Waals surface area contributed by atoms with E-state index < -0.39 is 0 Å². The Morgan fingerprint density at radius 1 is 1.33 bits per heavy atom. The van der Waals surface area contributed by atoms with Gasteiger partial charge in [0.25, 0.3) is 5.91 Å². The van der Waals surface area contributed by atoms with Crippen molar-refractivity contribution in [3.63, 3.8) is 0 Å². The zero-order valence-corrected chi connectivity index (χ0v) is 23.6. The number of anilines is 2. The summed E-state index contributed by atoms with van der Waals surface area (Å²) in [7, 11) is 3.95. The van der Waals surface area contributed by atoms with Crippen LogP contribution in [0.3, 0.4) is 0 Å². The molecule has 3 N–H and O–H groups in total. The summed E-state index contributed by atoms with van der Waals surface area (Å²) < 4.78 is 7.64. The maximum atomic E-state index is 13.3. The maximum Gasteiger partial charge on any atom is 0.267 e. The summed E-state index contributed by atoms with van der Waals surface area (Å²) in [6, 6.07) is 2.01. The number of thiazole rings is 1. The summed E-state index contributed by atoms with van der Waals surface area (Å²) in [6.07, 6.45) is 5.27. The monoisotopic (exact) mass is 553 g/mol. The lowest BCUT2D eigenvalue weighted by Gasteiger charge is -2.34. The first-order valence-electron chi connectivity index (χ1n) is 13.1.